The number of carbonyl (C=O) groups is 1. The lowest BCUT2D eigenvalue weighted by molar-refractivity contribution is -0.136. The van der Waals surface area contributed by atoms with Gasteiger partial charge in [0.05, 0.1) is 0 Å². The fourth-order valence-corrected chi connectivity index (χ4v) is 4.49. The number of likely N-dealkylation sites (tertiary alicyclic amines) is 1. The first-order chi connectivity index (χ1) is 13.8. The van der Waals surface area contributed by atoms with Gasteiger partial charge in [0.25, 0.3) is 0 Å². The van der Waals surface area contributed by atoms with Crippen LogP contribution in [0.25, 0.3) is 0 Å². The molecule has 0 bridgehead atoms. The van der Waals surface area contributed by atoms with E-state index >= 15 is 0 Å². The van der Waals surface area contributed by atoms with E-state index in [4.69, 9.17) is 4.74 Å². The minimum absolute atomic E-state index is 0.318. The van der Waals surface area contributed by atoms with Crippen LogP contribution in [0.2, 0.25) is 0 Å². The van der Waals surface area contributed by atoms with Gasteiger partial charge in [0.15, 0.2) is 0 Å². The summed E-state index contributed by atoms with van der Waals surface area (Å²) in [6.45, 7) is 2.46. The van der Waals surface area contributed by atoms with Crippen molar-refractivity contribution < 1.29 is 9.53 Å². The van der Waals surface area contributed by atoms with E-state index in [9.17, 15) is 4.79 Å². The molecule has 2 fully saturated rings. The van der Waals surface area contributed by atoms with Gasteiger partial charge in [-0.15, -0.1) is 0 Å². The molecule has 148 valence electrons. The van der Waals surface area contributed by atoms with Crippen molar-refractivity contribution in [3.63, 3.8) is 0 Å². The van der Waals surface area contributed by atoms with Gasteiger partial charge < -0.3 is 9.64 Å². The van der Waals surface area contributed by atoms with Crippen molar-refractivity contribution in [1.82, 2.24) is 9.88 Å². The summed E-state index contributed by atoms with van der Waals surface area (Å²) >= 11 is 0. The lowest BCUT2D eigenvalue weighted by atomic mass is 9.89. The van der Waals surface area contributed by atoms with E-state index in [1.54, 1.807) is 12.4 Å². The summed E-state index contributed by atoms with van der Waals surface area (Å²) in [7, 11) is 0. The number of benzene rings is 1. The molecular weight excluding hydrogens is 348 g/mol. The van der Waals surface area contributed by atoms with E-state index in [0.29, 0.717) is 24.3 Å². The molecular formula is C24H30N2O2. The molecule has 4 nitrogen and oxygen atoms in total. The Bertz CT molecular complexity index is 746. The predicted octanol–water partition coefficient (Wildman–Crippen LogP) is 4.63. The molecule has 0 N–H and O–H groups in total. The average Bonchev–Trinajstić information content (AvgIpc) is 3.29. The number of pyridine rings is 1. The van der Waals surface area contributed by atoms with Gasteiger partial charge in [-0.25, -0.2) is 0 Å². The molecule has 2 aromatic rings. The molecule has 28 heavy (non-hydrogen) atoms. The Morgan fingerprint density at radius 1 is 0.929 bits per heavy atom. The summed E-state index contributed by atoms with van der Waals surface area (Å²) in [6.07, 6.45) is 11.5. The van der Waals surface area contributed by atoms with Crippen LogP contribution >= 0.6 is 0 Å². The normalized spacial score (nSPS) is 18.4. The van der Waals surface area contributed by atoms with Crippen LogP contribution in [0, 0.1) is 11.8 Å². The maximum absolute atomic E-state index is 12.6. The third-order valence-corrected chi connectivity index (χ3v) is 6.23. The fraction of sp³-hybridized carbons (Fsp3) is 0.500. The van der Waals surface area contributed by atoms with E-state index in [1.165, 1.54) is 24.0 Å². The van der Waals surface area contributed by atoms with Gasteiger partial charge in [-0.05, 0) is 61.3 Å². The highest BCUT2D eigenvalue weighted by atomic mass is 16.5. The van der Waals surface area contributed by atoms with Crippen LogP contribution in [0.15, 0.2) is 48.8 Å². The molecule has 0 radical (unpaired) electrons. The molecule has 1 aromatic carbocycles. The smallest absolute Gasteiger partial charge is 0.225 e. The zero-order chi connectivity index (χ0) is 19.2. The Balaban J connectivity index is 1.22. The largest absolute Gasteiger partial charge is 0.489 e. The zero-order valence-corrected chi connectivity index (χ0v) is 16.6. The van der Waals surface area contributed by atoms with Crippen molar-refractivity contribution in [2.24, 2.45) is 11.8 Å². The average molecular weight is 379 g/mol. The van der Waals surface area contributed by atoms with Crippen molar-refractivity contribution in [2.45, 2.75) is 51.6 Å². The van der Waals surface area contributed by atoms with E-state index in [0.717, 1.165) is 50.9 Å². The highest BCUT2D eigenvalue weighted by Gasteiger charge is 2.29. The molecule has 1 aliphatic carbocycles. The zero-order valence-electron chi connectivity index (χ0n) is 16.6. The molecule has 0 unspecified atom stereocenters. The minimum atomic E-state index is 0.318. The minimum Gasteiger partial charge on any atom is -0.489 e. The van der Waals surface area contributed by atoms with E-state index in [-0.39, 0.29) is 0 Å². The van der Waals surface area contributed by atoms with Crippen LogP contribution in [-0.4, -0.2) is 28.9 Å². The van der Waals surface area contributed by atoms with Crippen LogP contribution in [0.5, 0.6) is 5.75 Å². The lowest BCUT2D eigenvalue weighted by Crippen LogP contribution is -2.41. The topological polar surface area (TPSA) is 42.4 Å². The maximum Gasteiger partial charge on any atom is 0.225 e. The SMILES string of the molecule is O=C(C1CCCC1)N1CCC(Cc2ccc(COc3ccncc3)cc2)CC1. The summed E-state index contributed by atoms with van der Waals surface area (Å²) in [5.74, 6) is 2.28. The monoisotopic (exact) mass is 378 g/mol. The highest BCUT2D eigenvalue weighted by Crippen LogP contribution is 2.29. The summed E-state index contributed by atoms with van der Waals surface area (Å²) in [5, 5.41) is 0. The van der Waals surface area contributed by atoms with Crippen LogP contribution in [0.4, 0.5) is 0 Å². The summed E-state index contributed by atoms with van der Waals surface area (Å²) < 4.78 is 5.78. The Labute approximate surface area is 167 Å². The van der Waals surface area contributed by atoms with Gasteiger partial charge in [0.1, 0.15) is 12.4 Å². The second kappa shape index (κ2) is 9.22. The number of amides is 1. The van der Waals surface area contributed by atoms with E-state index in [2.05, 4.69) is 34.1 Å². The van der Waals surface area contributed by atoms with E-state index in [1.807, 2.05) is 12.1 Å². The molecule has 4 heteroatoms. The van der Waals surface area contributed by atoms with Crippen molar-refractivity contribution in [3.8, 4) is 5.75 Å². The van der Waals surface area contributed by atoms with Crippen LogP contribution in [0.3, 0.4) is 0 Å². The number of nitrogens with zero attached hydrogens (tertiary/aromatic N) is 2. The second-order valence-corrected chi connectivity index (χ2v) is 8.24. The Morgan fingerprint density at radius 2 is 1.57 bits per heavy atom. The number of aromatic nitrogens is 1. The molecule has 1 saturated heterocycles. The van der Waals surface area contributed by atoms with Crippen molar-refractivity contribution >= 4 is 5.91 Å². The number of carbonyl (C=O) groups excluding carboxylic acids is 1. The van der Waals surface area contributed by atoms with Gasteiger partial charge in [0.2, 0.25) is 5.91 Å². The van der Waals surface area contributed by atoms with Gasteiger partial charge in [-0.2, -0.15) is 0 Å². The molecule has 1 aliphatic heterocycles. The first kappa shape index (κ1) is 19.0. The number of ether oxygens (including phenoxy) is 1. The van der Waals surface area contributed by atoms with Crippen LogP contribution in [-0.2, 0) is 17.8 Å². The predicted molar refractivity (Wildman–Crippen MR) is 110 cm³/mol. The first-order valence-electron chi connectivity index (χ1n) is 10.7. The van der Waals surface area contributed by atoms with Crippen LogP contribution in [0.1, 0.15) is 49.7 Å². The van der Waals surface area contributed by atoms with Crippen molar-refractivity contribution in [3.05, 3.63) is 59.9 Å². The summed E-state index contributed by atoms with van der Waals surface area (Å²) in [5.41, 5.74) is 2.56. The van der Waals surface area contributed by atoms with Crippen molar-refractivity contribution in [1.29, 1.82) is 0 Å². The molecule has 1 amide bonds. The van der Waals surface area contributed by atoms with Crippen molar-refractivity contribution in [2.75, 3.05) is 13.1 Å². The van der Waals surface area contributed by atoms with Gasteiger partial charge in [-0.1, -0.05) is 37.1 Å². The Kier molecular flexibility index (Phi) is 6.25. The highest BCUT2D eigenvalue weighted by molar-refractivity contribution is 5.79. The number of piperidine rings is 1. The fourth-order valence-electron chi connectivity index (χ4n) is 4.49. The van der Waals surface area contributed by atoms with E-state index < -0.39 is 0 Å². The first-order valence-corrected chi connectivity index (χ1v) is 10.7. The molecule has 0 atom stereocenters. The maximum atomic E-state index is 12.6. The molecule has 1 saturated carbocycles. The number of hydrogen-bond donors (Lipinski definition) is 0. The number of hydrogen-bond acceptors (Lipinski definition) is 3. The second-order valence-electron chi connectivity index (χ2n) is 8.24. The van der Waals surface area contributed by atoms with Crippen LogP contribution < -0.4 is 4.74 Å². The molecule has 2 aliphatic rings. The number of rotatable bonds is 6. The molecule has 0 spiro atoms. The quantitative estimate of drug-likeness (QED) is 0.736. The standard InChI is InChI=1S/C24H30N2O2/c27-24(22-3-1-2-4-22)26-15-11-20(12-16-26)17-19-5-7-21(8-6-19)18-28-23-9-13-25-14-10-23/h5-10,13-14,20,22H,1-4,11-12,15-18H2. The lowest BCUT2D eigenvalue weighted by Gasteiger charge is -2.33. The molecule has 4 rings (SSSR count). The summed E-state index contributed by atoms with van der Waals surface area (Å²) in [4.78, 5) is 18.7. The Hall–Kier alpha value is -2.36. The van der Waals surface area contributed by atoms with Gasteiger partial charge >= 0.3 is 0 Å². The summed E-state index contributed by atoms with van der Waals surface area (Å²) in [6, 6.07) is 12.5. The Morgan fingerprint density at radius 3 is 2.25 bits per heavy atom. The third kappa shape index (κ3) is 4.92. The third-order valence-electron chi connectivity index (χ3n) is 6.23. The molecule has 2 heterocycles. The van der Waals surface area contributed by atoms with Gasteiger partial charge in [-0.3, -0.25) is 9.78 Å². The molecule has 1 aromatic heterocycles. The van der Waals surface area contributed by atoms with Gasteiger partial charge in [0, 0.05) is 31.4 Å².